The molecule has 0 heterocycles. The van der Waals surface area contributed by atoms with Gasteiger partial charge in [0.2, 0.25) is 15.9 Å². The van der Waals surface area contributed by atoms with Gasteiger partial charge in [-0.2, -0.15) is 0 Å². The summed E-state index contributed by atoms with van der Waals surface area (Å²) in [5.74, 6) is 0.256. The number of benzene rings is 2. The van der Waals surface area contributed by atoms with Crippen LogP contribution in [0.1, 0.15) is 5.56 Å². The van der Waals surface area contributed by atoms with Crippen molar-refractivity contribution in [3.05, 3.63) is 47.0 Å². The fourth-order valence-corrected chi connectivity index (χ4v) is 3.41. The van der Waals surface area contributed by atoms with E-state index in [-0.39, 0.29) is 11.4 Å². The molecule has 0 fully saturated rings. The van der Waals surface area contributed by atoms with Crippen molar-refractivity contribution in [2.75, 3.05) is 36.6 Å². The van der Waals surface area contributed by atoms with E-state index >= 15 is 0 Å². The Kier molecular flexibility index (Phi) is 6.56. The maximum Gasteiger partial charge on any atom is 0.245 e. The Morgan fingerprint density at radius 2 is 1.85 bits per heavy atom. The quantitative estimate of drug-likeness (QED) is 0.755. The molecule has 1 amide bonds. The van der Waals surface area contributed by atoms with Gasteiger partial charge in [0, 0.05) is 16.8 Å². The summed E-state index contributed by atoms with van der Waals surface area (Å²) in [6.45, 7) is 1.42. The minimum absolute atomic E-state index is 0.234. The van der Waals surface area contributed by atoms with Crippen LogP contribution in [0.2, 0.25) is 5.02 Å². The zero-order chi connectivity index (χ0) is 20.2. The first-order valence-corrected chi connectivity index (χ1v) is 10.1. The van der Waals surface area contributed by atoms with Crippen LogP contribution >= 0.6 is 11.6 Å². The van der Waals surface area contributed by atoms with Crippen LogP contribution < -0.4 is 19.1 Å². The van der Waals surface area contributed by atoms with Crippen molar-refractivity contribution in [1.82, 2.24) is 0 Å². The van der Waals surface area contributed by atoms with Crippen LogP contribution in [0.25, 0.3) is 0 Å². The Bertz CT molecular complexity index is 947. The summed E-state index contributed by atoms with van der Waals surface area (Å²) >= 11 is 6.05. The SMILES string of the molecule is COc1ccc(N(CC(=O)Nc2ccc(C)c(Cl)c2)S(C)(=O)=O)c(OC)c1. The van der Waals surface area contributed by atoms with Crippen LogP contribution in [0.15, 0.2) is 36.4 Å². The third kappa shape index (κ3) is 5.27. The van der Waals surface area contributed by atoms with E-state index in [1.165, 1.54) is 20.3 Å². The van der Waals surface area contributed by atoms with Crippen molar-refractivity contribution in [3.8, 4) is 11.5 Å². The summed E-state index contributed by atoms with van der Waals surface area (Å²) in [7, 11) is -0.848. The summed E-state index contributed by atoms with van der Waals surface area (Å²) in [5, 5.41) is 3.15. The van der Waals surface area contributed by atoms with Gasteiger partial charge in [-0.05, 0) is 36.8 Å². The largest absolute Gasteiger partial charge is 0.497 e. The van der Waals surface area contributed by atoms with Crippen LogP contribution in [-0.2, 0) is 14.8 Å². The van der Waals surface area contributed by atoms with Gasteiger partial charge < -0.3 is 14.8 Å². The van der Waals surface area contributed by atoms with Gasteiger partial charge in [0.1, 0.15) is 18.0 Å². The molecule has 27 heavy (non-hydrogen) atoms. The number of halogens is 1. The van der Waals surface area contributed by atoms with Crippen molar-refractivity contribution in [1.29, 1.82) is 0 Å². The fourth-order valence-electron chi connectivity index (χ4n) is 2.37. The van der Waals surface area contributed by atoms with Gasteiger partial charge >= 0.3 is 0 Å². The minimum atomic E-state index is -3.75. The van der Waals surface area contributed by atoms with E-state index in [1.807, 2.05) is 6.92 Å². The molecule has 0 unspecified atom stereocenters. The van der Waals surface area contributed by atoms with Gasteiger partial charge in [-0.3, -0.25) is 9.10 Å². The number of sulfonamides is 1. The third-order valence-electron chi connectivity index (χ3n) is 3.80. The number of hydrogen-bond donors (Lipinski definition) is 1. The number of carbonyl (C=O) groups is 1. The number of nitrogens with one attached hydrogen (secondary N) is 1. The number of ether oxygens (including phenoxy) is 2. The highest BCUT2D eigenvalue weighted by Gasteiger charge is 2.24. The molecule has 146 valence electrons. The van der Waals surface area contributed by atoms with Gasteiger partial charge in [0.25, 0.3) is 0 Å². The summed E-state index contributed by atoms with van der Waals surface area (Å²) in [6, 6.07) is 9.72. The van der Waals surface area contributed by atoms with E-state index in [0.29, 0.717) is 16.5 Å². The Hall–Kier alpha value is -2.45. The number of nitrogens with zero attached hydrogens (tertiary/aromatic N) is 1. The zero-order valence-electron chi connectivity index (χ0n) is 15.4. The molecule has 0 aliphatic heterocycles. The van der Waals surface area contributed by atoms with Crippen molar-refractivity contribution < 1.29 is 22.7 Å². The summed E-state index contributed by atoms with van der Waals surface area (Å²) in [4.78, 5) is 12.4. The summed E-state index contributed by atoms with van der Waals surface area (Å²) in [5.41, 5.74) is 1.58. The Morgan fingerprint density at radius 3 is 2.41 bits per heavy atom. The molecule has 2 rings (SSSR count). The minimum Gasteiger partial charge on any atom is -0.497 e. The highest BCUT2D eigenvalue weighted by Crippen LogP contribution is 2.33. The van der Waals surface area contributed by atoms with Gasteiger partial charge in [0.05, 0.1) is 26.2 Å². The van der Waals surface area contributed by atoms with Crippen LogP contribution in [0, 0.1) is 6.92 Å². The summed E-state index contributed by atoms with van der Waals surface area (Å²) < 4.78 is 35.9. The van der Waals surface area contributed by atoms with Crippen molar-refractivity contribution in [3.63, 3.8) is 0 Å². The first-order valence-electron chi connectivity index (χ1n) is 7.91. The van der Waals surface area contributed by atoms with E-state index in [1.54, 1.807) is 30.3 Å². The Morgan fingerprint density at radius 1 is 1.15 bits per heavy atom. The molecule has 0 spiro atoms. The van der Waals surface area contributed by atoms with Crippen LogP contribution in [-0.4, -0.2) is 41.3 Å². The molecule has 0 aromatic heterocycles. The van der Waals surface area contributed by atoms with E-state index in [2.05, 4.69) is 5.32 Å². The van der Waals surface area contributed by atoms with Crippen LogP contribution in [0.3, 0.4) is 0 Å². The topological polar surface area (TPSA) is 84.9 Å². The van der Waals surface area contributed by atoms with E-state index in [9.17, 15) is 13.2 Å². The second kappa shape index (κ2) is 8.49. The molecule has 0 bridgehead atoms. The highest BCUT2D eigenvalue weighted by atomic mass is 35.5. The van der Waals surface area contributed by atoms with E-state index in [0.717, 1.165) is 16.1 Å². The highest BCUT2D eigenvalue weighted by molar-refractivity contribution is 7.92. The normalized spacial score (nSPS) is 11.0. The number of rotatable bonds is 7. The molecule has 2 aromatic carbocycles. The molecule has 0 saturated carbocycles. The van der Waals surface area contributed by atoms with Gasteiger partial charge in [-0.25, -0.2) is 8.42 Å². The lowest BCUT2D eigenvalue weighted by atomic mass is 10.2. The molecular weight excluding hydrogens is 392 g/mol. The predicted molar refractivity (Wildman–Crippen MR) is 107 cm³/mol. The van der Waals surface area contributed by atoms with E-state index in [4.69, 9.17) is 21.1 Å². The molecule has 7 nitrogen and oxygen atoms in total. The second-order valence-corrected chi connectivity index (χ2v) is 8.13. The first-order chi connectivity index (χ1) is 12.7. The van der Waals surface area contributed by atoms with Crippen molar-refractivity contribution >= 4 is 38.9 Å². The monoisotopic (exact) mass is 412 g/mol. The van der Waals surface area contributed by atoms with Crippen LogP contribution in [0.5, 0.6) is 11.5 Å². The van der Waals surface area contributed by atoms with Crippen LogP contribution in [0.4, 0.5) is 11.4 Å². The lowest BCUT2D eigenvalue weighted by Crippen LogP contribution is -2.37. The second-order valence-electron chi connectivity index (χ2n) is 5.82. The van der Waals surface area contributed by atoms with Gasteiger partial charge in [0.15, 0.2) is 0 Å². The van der Waals surface area contributed by atoms with E-state index < -0.39 is 22.5 Å². The third-order valence-corrected chi connectivity index (χ3v) is 5.33. The number of methoxy groups -OCH3 is 2. The summed E-state index contributed by atoms with van der Waals surface area (Å²) in [6.07, 6.45) is 1.02. The molecule has 0 atom stereocenters. The number of hydrogen-bond acceptors (Lipinski definition) is 5. The van der Waals surface area contributed by atoms with Gasteiger partial charge in [-0.15, -0.1) is 0 Å². The standard InChI is InChI=1S/C18H21ClN2O5S/c1-12-5-6-13(9-15(12)19)20-18(22)11-21(27(4,23)24)16-8-7-14(25-2)10-17(16)26-3/h5-10H,11H2,1-4H3,(H,20,22). The average Bonchev–Trinajstić information content (AvgIpc) is 2.61. The van der Waals surface area contributed by atoms with Crippen molar-refractivity contribution in [2.45, 2.75) is 6.92 Å². The first kappa shape index (κ1) is 20.9. The van der Waals surface area contributed by atoms with Gasteiger partial charge in [-0.1, -0.05) is 17.7 Å². The smallest absolute Gasteiger partial charge is 0.245 e. The fraction of sp³-hybridized carbons (Fsp3) is 0.278. The molecule has 0 aliphatic rings. The zero-order valence-corrected chi connectivity index (χ0v) is 17.0. The molecule has 1 N–H and O–H groups in total. The molecule has 0 radical (unpaired) electrons. The number of anilines is 2. The molecule has 0 aliphatic carbocycles. The maximum atomic E-state index is 12.4. The maximum absolute atomic E-state index is 12.4. The number of amides is 1. The molecule has 9 heteroatoms. The molecule has 2 aromatic rings. The number of carbonyl (C=O) groups excluding carboxylic acids is 1. The Labute approximate surface area is 163 Å². The number of aryl methyl sites for hydroxylation is 1. The lowest BCUT2D eigenvalue weighted by Gasteiger charge is -2.24. The molecule has 0 saturated heterocycles. The lowest BCUT2D eigenvalue weighted by molar-refractivity contribution is -0.114. The Balaban J connectivity index is 2.30. The average molecular weight is 413 g/mol. The predicted octanol–water partition coefficient (Wildman–Crippen LogP) is 3.07. The van der Waals surface area contributed by atoms with Crippen molar-refractivity contribution in [2.24, 2.45) is 0 Å². The molecular formula is C18H21ClN2O5S.